The fourth-order valence-electron chi connectivity index (χ4n) is 0.0289. The molecule has 0 bridgehead atoms. The van der Waals surface area contributed by atoms with Crippen molar-refractivity contribution in [3.05, 3.63) is 0 Å². The molecule has 0 heterocycles. The van der Waals surface area contributed by atoms with Crippen LogP contribution in [-0.2, 0) is 16.3 Å². The van der Waals surface area contributed by atoms with Crippen LogP contribution < -0.4 is 0 Å². The van der Waals surface area contributed by atoms with E-state index in [1.54, 1.807) is 12.1 Å². The summed E-state index contributed by atoms with van der Waals surface area (Å²) < 4.78 is -0.579. The van der Waals surface area contributed by atoms with E-state index in [2.05, 4.69) is 16.3 Å². The van der Waals surface area contributed by atoms with Gasteiger partial charge in [0.15, 0.2) is 0 Å². The molecule has 0 rings (SSSR count). The monoisotopic (exact) mass is 117 g/mol. The second-order valence-corrected chi connectivity index (χ2v) is 1.37. The van der Waals surface area contributed by atoms with Crippen molar-refractivity contribution in [1.82, 2.24) is 0 Å². The van der Waals surface area contributed by atoms with Crippen LogP contribution in [0.15, 0.2) is 0 Å². The molecule has 0 aromatic rings. The molecule has 0 atom stereocenters. The van der Waals surface area contributed by atoms with Crippen molar-refractivity contribution in [3.63, 3.8) is 0 Å². The van der Waals surface area contributed by atoms with E-state index in [0.717, 1.165) is 0 Å². The second kappa shape index (κ2) is 2.73. The summed E-state index contributed by atoms with van der Waals surface area (Å²) in [5.41, 5.74) is 0. The summed E-state index contributed by atoms with van der Waals surface area (Å²) in [5, 5.41) is 15.7. The van der Waals surface area contributed by atoms with Gasteiger partial charge >= 0.3 is 43.7 Å². The zero-order valence-corrected chi connectivity index (χ0v) is 4.16. The average Bonchev–Trinajstić information content (AvgIpc) is 1.65. The predicted octanol–water partition coefficient (Wildman–Crippen LogP) is 0.369. The molecule has 0 aliphatic carbocycles. The third kappa shape index (κ3) is 1.80. The Kier molecular flexibility index (Phi) is 2.51. The van der Waals surface area contributed by atoms with Crippen molar-refractivity contribution in [2.75, 3.05) is 0 Å². The molecule has 0 spiro atoms. The molecule has 0 aromatic carbocycles. The topological polar surface area (TPSA) is 47.6 Å². The Morgan fingerprint density at radius 2 is 1.67 bits per heavy atom. The summed E-state index contributed by atoms with van der Waals surface area (Å²) in [5.74, 6) is 0. The van der Waals surface area contributed by atoms with Crippen LogP contribution >= 0.6 is 0 Å². The molecule has 0 saturated heterocycles. The summed E-state index contributed by atoms with van der Waals surface area (Å²) >= 11 is 2.35. The number of hydrogen-bond acceptors (Lipinski definition) is 2. The van der Waals surface area contributed by atoms with Gasteiger partial charge < -0.3 is 0 Å². The molecule has 2 nitrogen and oxygen atoms in total. The Balaban J connectivity index is 3.40. The molecule has 0 saturated carbocycles. The van der Waals surface area contributed by atoms with Crippen LogP contribution in [0.5, 0.6) is 0 Å². The summed E-state index contributed by atoms with van der Waals surface area (Å²) in [7, 11) is 0. The first-order valence-electron chi connectivity index (χ1n) is 1.26. The van der Waals surface area contributed by atoms with Crippen molar-refractivity contribution in [3.8, 4) is 12.1 Å². The van der Waals surface area contributed by atoms with Crippen LogP contribution in [0.4, 0.5) is 0 Å². The van der Waals surface area contributed by atoms with E-state index in [1.165, 1.54) is 0 Å². The molecule has 0 amide bonds. The van der Waals surface area contributed by atoms with E-state index in [0.29, 0.717) is 0 Å². The van der Waals surface area contributed by atoms with Gasteiger partial charge in [0.1, 0.15) is 0 Å². The Morgan fingerprint density at radius 1 is 1.33 bits per heavy atom. The zero-order chi connectivity index (χ0) is 4.99. The minimum absolute atomic E-state index is 0.579. The number of rotatable bonds is 0. The predicted molar refractivity (Wildman–Crippen MR) is 15.0 cm³/mol. The number of hydrogen-bond donors (Lipinski definition) is 0. The third-order valence-corrected chi connectivity index (χ3v) is 0.564. The van der Waals surface area contributed by atoms with Crippen molar-refractivity contribution in [1.29, 1.82) is 10.5 Å². The fourth-order valence-corrected chi connectivity index (χ4v) is 0.0289. The summed E-state index contributed by atoms with van der Waals surface area (Å²) in [4.78, 5) is 0. The van der Waals surface area contributed by atoms with Gasteiger partial charge in [-0.1, -0.05) is 0 Å². The average molecular weight is 117 g/mol. The quantitative estimate of drug-likeness (QED) is 0.460. The minimum atomic E-state index is -0.579. The first-order chi connectivity index (χ1) is 2.81. The van der Waals surface area contributed by atoms with Gasteiger partial charge in [-0.3, -0.25) is 0 Å². The molecule has 0 N–H and O–H groups in total. The molecule has 0 aliphatic heterocycles. The van der Waals surface area contributed by atoms with Gasteiger partial charge in [-0.2, -0.15) is 0 Å². The fraction of sp³-hybridized carbons (Fsp3) is 0.333. The molecule has 29 valence electrons. The maximum atomic E-state index is 7.83. The van der Waals surface area contributed by atoms with Crippen LogP contribution in [0.25, 0.3) is 0 Å². The van der Waals surface area contributed by atoms with Gasteiger partial charge in [0.05, 0.1) is 0 Å². The molecule has 0 aliphatic rings. The summed E-state index contributed by atoms with van der Waals surface area (Å²) in [6.45, 7) is 0. The van der Waals surface area contributed by atoms with Gasteiger partial charge in [-0.05, 0) is 0 Å². The van der Waals surface area contributed by atoms with E-state index in [9.17, 15) is 0 Å². The van der Waals surface area contributed by atoms with Gasteiger partial charge in [-0.25, -0.2) is 0 Å². The zero-order valence-electron chi connectivity index (χ0n) is 2.88. The van der Waals surface area contributed by atoms with Gasteiger partial charge in [0, 0.05) is 0 Å². The van der Waals surface area contributed by atoms with E-state index in [-0.39, 0.29) is 0 Å². The first kappa shape index (κ1) is 5.51. The van der Waals surface area contributed by atoms with Gasteiger partial charge in [-0.15, -0.1) is 0 Å². The Hall–Kier alpha value is -0.488. The van der Waals surface area contributed by atoms with Crippen molar-refractivity contribution < 1.29 is 16.3 Å². The van der Waals surface area contributed by atoms with E-state index < -0.39 is 4.78 Å². The molecular formula is C3HCrN2. The van der Waals surface area contributed by atoms with Gasteiger partial charge in [0.25, 0.3) is 0 Å². The molecule has 6 heavy (non-hydrogen) atoms. The van der Waals surface area contributed by atoms with E-state index in [4.69, 9.17) is 10.5 Å². The van der Waals surface area contributed by atoms with Crippen LogP contribution in [-0.4, -0.2) is 0 Å². The molecule has 0 unspecified atom stereocenters. The summed E-state index contributed by atoms with van der Waals surface area (Å²) in [6, 6.07) is 3.40. The first-order valence-corrected chi connectivity index (χ1v) is 2.00. The SMILES string of the molecule is N#C[CH]([Cr])C#N. The maximum absolute atomic E-state index is 7.83. The van der Waals surface area contributed by atoms with E-state index >= 15 is 0 Å². The van der Waals surface area contributed by atoms with Crippen molar-refractivity contribution >= 4 is 0 Å². The Morgan fingerprint density at radius 3 is 1.67 bits per heavy atom. The molecule has 3 heteroatoms. The Bertz CT molecular complexity index is 92.9. The Labute approximate surface area is 44.4 Å². The van der Waals surface area contributed by atoms with E-state index in [1.807, 2.05) is 0 Å². The molecule has 0 aromatic heterocycles. The molecule has 0 radical (unpaired) electrons. The summed E-state index contributed by atoms with van der Waals surface area (Å²) in [6.07, 6.45) is 0. The van der Waals surface area contributed by atoms with Crippen LogP contribution in [0.3, 0.4) is 0 Å². The van der Waals surface area contributed by atoms with Gasteiger partial charge in [0.2, 0.25) is 0 Å². The van der Waals surface area contributed by atoms with Crippen molar-refractivity contribution in [2.24, 2.45) is 0 Å². The molecular weight excluding hydrogens is 116 g/mol. The second-order valence-electron chi connectivity index (χ2n) is 0.638. The normalized spacial score (nSPS) is 6.50. The third-order valence-electron chi connectivity index (χ3n) is 0.235. The molecule has 0 fully saturated rings. The van der Waals surface area contributed by atoms with Crippen LogP contribution in [0, 0.1) is 22.7 Å². The number of nitrogens with zero attached hydrogens (tertiary/aromatic N) is 2. The van der Waals surface area contributed by atoms with Crippen molar-refractivity contribution in [2.45, 2.75) is 4.78 Å². The standard InChI is InChI=1S/C3HN2.Cr/c4-2-1-3-5;/h1H;. The number of nitriles is 2. The van der Waals surface area contributed by atoms with Crippen LogP contribution in [0.2, 0.25) is 4.78 Å². The van der Waals surface area contributed by atoms with Crippen LogP contribution in [0.1, 0.15) is 0 Å².